The van der Waals surface area contributed by atoms with Crippen molar-refractivity contribution in [3.63, 3.8) is 0 Å². The van der Waals surface area contributed by atoms with Gasteiger partial charge in [-0.15, -0.1) is 0 Å². The summed E-state index contributed by atoms with van der Waals surface area (Å²) in [4.78, 5) is 14.7. The molecule has 0 aliphatic carbocycles. The third-order valence-corrected chi connectivity index (χ3v) is 5.54. The number of amides is 1. The minimum atomic E-state index is -4.91. The normalized spacial score (nSPS) is 17.9. The number of ether oxygens (including phenoxy) is 2. The molecule has 6 nitrogen and oxygen atoms in total. The lowest BCUT2D eigenvalue weighted by molar-refractivity contribution is -0.272. The molecule has 1 aliphatic heterocycles. The van der Waals surface area contributed by atoms with Gasteiger partial charge in [0.25, 0.3) is 0 Å². The molecular weight excluding hydrogens is 420 g/mol. The third kappa shape index (κ3) is 6.00. The molecular formula is C21H30F4N2O4. The van der Waals surface area contributed by atoms with E-state index in [4.69, 9.17) is 9.47 Å². The van der Waals surface area contributed by atoms with E-state index in [2.05, 4.69) is 0 Å². The molecule has 1 unspecified atom stereocenters. The summed E-state index contributed by atoms with van der Waals surface area (Å²) in [6, 6.07) is 3.65. The maximum atomic E-state index is 14.0. The smallest absolute Gasteiger partial charge is 0.418 e. The summed E-state index contributed by atoms with van der Waals surface area (Å²) in [5.41, 5.74) is -4.05. The van der Waals surface area contributed by atoms with E-state index in [0.717, 1.165) is 12.1 Å². The molecule has 0 radical (unpaired) electrons. The maximum Gasteiger partial charge on any atom is 0.418 e. The zero-order chi connectivity index (χ0) is 23.4. The van der Waals surface area contributed by atoms with Crippen molar-refractivity contribution in [2.45, 2.75) is 44.4 Å². The first-order valence-electron chi connectivity index (χ1n) is 10.1. The van der Waals surface area contributed by atoms with Gasteiger partial charge in [0, 0.05) is 38.3 Å². The molecule has 176 valence electrons. The van der Waals surface area contributed by atoms with E-state index in [0.29, 0.717) is 0 Å². The highest BCUT2D eigenvalue weighted by molar-refractivity contribution is 5.67. The molecule has 1 atom stereocenters. The topological polar surface area (TPSA) is 62.2 Å². The van der Waals surface area contributed by atoms with Crippen LogP contribution in [0.25, 0.3) is 0 Å². The van der Waals surface area contributed by atoms with E-state index in [9.17, 15) is 27.5 Å². The van der Waals surface area contributed by atoms with Crippen LogP contribution in [0.2, 0.25) is 0 Å². The summed E-state index contributed by atoms with van der Waals surface area (Å²) in [6.45, 7) is 5.00. The summed E-state index contributed by atoms with van der Waals surface area (Å²) in [5, 5.41) is 10.8. The van der Waals surface area contributed by atoms with Crippen LogP contribution >= 0.6 is 0 Å². The first kappa shape index (κ1) is 25.2. The molecule has 1 aromatic rings. The van der Waals surface area contributed by atoms with E-state index in [1.54, 1.807) is 6.92 Å². The number of hydrogen-bond acceptors (Lipinski definition) is 5. The Balaban J connectivity index is 2.20. The maximum absolute atomic E-state index is 14.0. The molecule has 0 aromatic heterocycles. The molecule has 10 heteroatoms. The third-order valence-electron chi connectivity index (χ3n) is 5.54. The molecule has 0 saturated carbocycles. The van der Waals surface area contributed by atoms with Crippen molar-refractivity contribution in [2.75, 3.05) is 46.4 Å². The van der Waals surface area contributed by atoms with E-state index < -0.39 is 42.1 Å². The number of halogens is 4. The van der Waals surface area contributed by atoms with Gasteiger partial charge in [-0.05, 0) is 37.0 Å². The van der Waals surface area contributed by atoms with Gasteiger partial charge in [-0.3, -0.25) is 4.90 Å². The first-order valence-corrected chi connectivity index (χ1v) is 10.1. The predicted molar refractivity (Wildman–Crippen MR) is 107 cm³/mol. The molecule has 1 aromatic carbocycles. The van der Waals surface area contributed by atoms with E-state index >= 15 is 0 Å². The number of benzene rings is 1. The number of nitrogens with zero attached hydrogens (tertiary/aromatic N) is 2. The summed E-state index contributed by atoms with van der Waals surface area (Å²) < 4.78 is 66.0. The number of methoxy groups -OCH3 is 1. The lowest BCUT2D eigenvalue weighted by Gasteiger charge is -2.43. The van der Waals surface area contributed by atoms with Gasteiger partial charge in [0.05, 0.1) is 13.7 Å². The second-order valence-corrected chi connectivity index (χ2v) is 8.40. The Morgan fingerprint density at radius 2 is 1.77 bits per heavy atom. The van der Waals surface area contributed by atoms with Crippen LogP contribution in [0.1, 0.15) is 32.8 Å². The highest BCUT2D eigenvalue weighted by Crippen LogP contribution is 2.44. The van der Waals surface area contributed by atoms with Crippen molar-refractivity contribution in [2.24, 2.45) is 0 Å². The van der Waals surface area contributed by atoms with Crippen molar-refractivity contribution in [1.29, 1.82) is 0 Å². The van der Waals surface area contributed by atoms with Gasteiger partial charge in [0.1, 0.15) is 11.6 Å². The van der Waals surface area contributed by atoms with Crippen molar-refractivity contribution in [3.05, 3.63) is 29.6 Å². The molecule has 1 amide bonds. The average molecular weight is 450 g/mol. The molecule has 1 saturated heterocycles. The van der Waals surface area contributed by atoms with Gasteiger partial charge >= 0.3 is 12.3 Å². The van der Waals surface area contributed by atoms with Crippen LogP contribution in [0.3, 0.4) is 0 Å². The predicted octanol–water partition coefficient (Wildman–Crippen LogP) is 3.57. The van der Waals surface area contributed by atoms with Gasteiger partial charge in [0.2, 0.25) is 0 Å². The highest BCUT2D eigenvalue weighted by atomic mass is 19.4. The lowest BCUT2D eigenvalue weighted by atomic mass is 9.74. The number of alkyl halides is 3. The Hall–Kier alpha value is -2.07. The van der Waals surface area contributed by atoms with E-state index in [-0.39, 0.29) is 44.1 Å². The molecule has 0 spiro atoms. The average Bonchev–Trinajstić information content (AvgIpc) is 2.67. The quantitative estimate of drug-likeness (QED) is 0.644. The molecule has 0 bridgehead atoms. The Kier molecular flexibility index (Phi) is 7.80. The van der Waals surface area contributed by atoms with E-state index in [1.807, 2.05) is 0 Å². The highest BCUT2D eigenvalue weighted by Gasteiger charge is 2.57. The number of carbonyl (C=O) groups is 1. The summed E-state index contributed by atoms with van der Waals surface area (Å²) in [7, 11) is 1.35. The number of aliphatic hydroxyl groups is 1. The monoisotopic (exact) mass is 450 g/mol. The largest absolute Gasteiger partial charge is 0.496 e. The lowest BCUT2D eigenvalue weighted by Crippen LogP contribution is -2.59. The molecule has 1 N–H and O–H groups in total. The minimum absolute atomic E-state index is 0.168. The number of carbonyl (C=O) groups excluding carboxylic acids is 1. The van der Waals surface area contributed by atoms with Crippen molar-refractivity contribution < 1.29 is 36.9 Å². The van der Waals surface area contributed by atoms with Gasteiger partial charge in [0.15, 0.2) is 5.60 Å². The van der Waals surface area contributed by atoms with Crippen molar-refractivity contribution in [1.82, 2.24) is 9.80 Å². The SMILES string of the molecule is CCOC(=O)N1CCN(CC(O)(CC(C)(C)c2cc(F)ccc2OC)C(F)(F)F)CC1. The summed E-state index contributed by atoms with van der Waals surface area (Å²) >= 11 is 0. The molecule has 2 rings (SSSR count). The minimum Gasteiger partial charge on any atom is -0.496 e. The fourth-order valence-corrected chi connectivity index (χ4v) is 3.95. The van der Waals surface area contributed by atoms with Crippen molar-refractivity contribution in [3.8, 4) is 5.75 Å². The van der Waals surface area contributed by atoms with Gasteiger partial charge < -0.3 is 19.5 Å². The first-order chi connectivity index (χ1) is 14.3. The zero-order valence-electron chi connectivity index (χ0n) is 18.3. The van der Waals surface area contributed by atoms with Crippen molar-refractivity contribution >= 4 is 6.09 Å². The Bertz CT molecular complexity index is 764. The van der Waals surface area contributed by atoms with Crippen LogP contribution in [0.5, 0.6) is 5.75 Å². The van der Waals surface area contributed by atoms with Crippen LogP contribution in [-0.4, -0.2) is 79.2 Å². The van der Waals surface area contributed by atoms with Crippen LogP contribution in [0.4, 0.5) is 22.4 Å². The standard InChI is InChI=1S/C21H30F4N2O4/c1-5-31-18(28)27-10-8-26(9-11-27)14-20(29,21(23,24)25)13-19(2,3)16-12-15(22)6-7-17(16)30-4/h6-7,12,29H,5,8-11,13-14H2,1-4H3. The number of rotatable bonds is 7. The summed E-state index contributed by atoms with van der Waals surface area (Å²) in [5.74, 6) is -0.353. The summed E-state index contributed by atoms with van der Waals surface area (Å²) in [6.07, 6.45) is -6.11. The zero-order valence-corrected chi connectivity index (χ0v) is 18.3. The molecule has 1 heterocycles. The van der Waals surface area contributed by atoms with Crippen LogP contribution in [0, 0.1) is 5.82 Å². The van der Waals surface area contributed by atoms with Crippen LogP contribution in [-0.2, 0) is 10.2 Å². The van der Waals surface area contributed by atoms with E-state index in [1.165, 1.54) is 36.8 Å². The Labute approximate surface area is 179 Å². The fraction of sp³-hybridized carbons (Fsp3) is 0.667. The number of hydrogen-bond donors (Lipinski definition) is 1. The van der Waals surface area contributed by atoms with Crippen LogP contribution in [0.15, 0.2) is 18.2 Å². The van der Waals surface area contributed by atoms with Gasteiger partial charge in [-0.25, -0.2) is 9.18 Å². The fourth-order valence-electron chi connectivity index (χ4n) is 3.95. The second kappa shape index (κ2) is 9.60. The Morgan fingerprint density at radius 3 is 2.29 bits per heavy atom. The molecule has 1 fully saturated rings. The number of β-amino-alcohol motifs (C(OH)–C–C–N with tert-alkyl or cyclic N) is 1. The molecule has 1 aliphatic rings. The van der Waals surface area contributed by atoms with Crippen LogP contribution < -0.4 is 4.74 Å². The Morgan fingerprint density at radius 1 is 1.16 bits per heavy atom. The van der Waals surface area contributed by atoms with Gasteiger partial charge in [-0.2, -0.15) is 13.2 Å². The number of piperazine rings is 1. The molecule has 31 heavy (non-hydrogen) atoms. The second-order valence-electron chi connectivity index (χ2n) is 8.40. The van der Waals surface area contributed by atoms with Gasteiger partial charge in [-0.1, -0.05) is 13.8 Å².